The molecule has 132 valence electrons. The van der Waals surface area contributed by atoms with Gasteiger partial charge in [0.25, 0.3) is 0 Å². The maximum absolute atomic E-state index is 12.1. The molecule has 0 saturated heterocycles. The van der Waals surface area contributed by atoms with Crippen LogP contribution in [0.5, 0.6) is 5.75 Å². The Morgan fingerprint density at radius 3 is 2.32 bits per heavy atom. The SMILES string of the molecule is CCOc1ccc(C(=O)CCC(=O)NCCc2ccc(Cl)cc2)cc1. The van der Waals surface area contributed by atoms with E-state index in [1.54, 1.807) is 24.3 Å². The van der Waals surface area contributed by atoms with E-state index in [0.717, 1.165) is 17.7 Å². The second kappa shape index (κ2) is 9.84. The lowest BCUT2D eigenvalue weighted by Gasteiger charge is -2.06. The summed E-state index contributed by atoms with van der Waals surface area (Å²) in [5.74, 6) is 0.572. The zero-order chi connectivity index (χ0) is 18.1. The van der Waals surface area contributed by atoms with E-state index in [1.165, 1.54) is 0 Å². The fourth-order valence-corrected chi connectivity index (χ4v) is 2.49. The zero-order valence-corrected chi connectivity index (χ0v) is 15.0. The van der Waals surface area contributed by atoms with Crippen LogP contribution < -0.4 is 10.1 Å². The van der Waals surface area contributed by atoms with Gasteiger partial charge in [-0.2, -0.15) is 0 Å². The van der Waals surface area contributed by atoms with Crippen molar-refractivity contribution in [1.82, 2.24) is 5.32 Å². The molecule has 25 heavy (non-hydrogen) atoms. The average Bonchev–Trinajstić information content (AvgIpc) is 2.62. The molecule has 4 nitrogen and oxygen atoms in total. The quantitative estimate of drug-likeness (QED) is 0.687. The Bertz CT molecular complexity index is 696. The number of hydrogen-bond acceptors (Lipinski definition) is 3. The summed E-state index contributed by atoms with van der Waals surface area (Å²) in [6.45, 7) is 3.03. The van der Waals surface area contributed by atoms with Crippen molar-refractivity contribution < 1.29 is 14.3 Å². The third-order valence-electron chi connectivity index (χ3n) is 3.72. The number of halogens is 1. The summed E-state index contributed by atoms with van der Waals surface area (Å²) in [4.78, 5) is 24.0. The smallest absolute Gasteiger partial charge is 0.220 e. The van der Waals surface area contributed by atoms with Gasteiger partial charge in [0.2, 0.25) is 5.91 Å². The number of ketones is 1. The molecule has 0 radical (unpaired) electrons. The van der Waals surface area contributed by atoms with Crippen LogP contribution in [-0.2, 0) is 11.2 Å². The molecule has 0 aliphatic carbocycles. The largest absolute Gasteiger partial charge is 0.494 e. The molecule has 2 aromatic rings. The first kappa shape index (κ1) is 19.0. The second-order valence-corrected chi connectivity index (χ2v) is 6.04. The molecule has 2 aromatic carbocycles. The van der Waals surface area contributed by atoms with Crippen LogP contribution in [0.25, 0.3) is 0 Å². The minimum Gasteiger partial charge on any atom is -0.494 e. The maximum Gasteiger partial charge on any atom is 0.220 e. The summed E-state index contributed by atoms with van der Waals surface area (Å²) in [5, 5.41) is 3.53. The molecule has 5 heteroatoms. The van der Waals surface area contributed by atoms with Crippen molar-refractivity contribution in [1.29, 1.82) is 0 Å². The number of ether oxygens (including phenoxy) is 1. The van der Waals surface area contributed by atoms with E-state index in [4.69, 9.17) is 16.3 Å². The Balaban J connectivity index is 1.70. The number of amides is 1. The van der Waals surface area contributed by atoms with E-state index >= 15 is 0 Å². The standard InChI is InChI=1S/C20H22ClNO3/c1-2-25-18-9-5-16(6-10-18)19(23)11-12-20(24)22-14-13-15-3-7-17(21)8-4-15/h3-10H,2,11-14H2,1H3,(H,22,24). The van der Waals surface area contributed by atoms with Crippen molar-refractivity contribution in [2.24, 2.45) is 0 Å². The van der Waals surface area contributed by atoms with Gasteiger partial charge in [0, 0.05) is 30.0 Å². The van der Waals surface area contributed by atoms with Gasteiger partial charge in [-0.05, 0) is 55.3 Å². The van der Waals surface area contributed by atoms with Crippen LogP contribution in [0, 0.1) is 0 Å². The molecule has 0 fully saturated rings. The van der Waals surface area contributed by atoms with Crippen molar-refractivity contribution in [3.05, 3.63) is 64.7 Å². The van der Waals surface area contributed by atoms with Gasteiger partial charge in [-0.3, -0.25) is 9.59 Å². The lowest BCUT2D eigenvalue weighted by atomic mass is 10.1. The average molecular weight is 360 g/mol. The van der Waals surface area contributed by atoms with Crippen molar-refractivity contribution in [2.75, 3.05) is 13.2 Å². The van der Waals surface area contributed by atoms with Crippen LogP contribution in [0.2, 0.25) is 5.02 Å². The molecule has 2 rings (SSSR count). The lowest BCUT2D eigenvalue weighted by Crippen LogP contribution is -2.26. The monoisotopic (exact) mass is 359 g/mol. The van der Waals surface area contributed by atoms with Crippen LogP contribution in [0.15, 0.2) is 48.5 Å². The molecule has 0 bridgehead atoms. The number of carbonyl (C=O) groups is 2. The minimum atomic E-state index is -0.117. The highest BCUT2D eigenvalue weighted by molar-refractivity contribution is 6.30. The topological polar surface area (TPSA) is 55.4 Å². The van der Waals surface area contributed by atoms with Gasteiger partial charge in [0.1, 0.15) is 5.75 Å². The molecular formula is C20H22ClNO3. The highest BCUT2D eigenvalue weighted by Crippen LogP contribution is 2.14. The first-order valence-corrected chi connectivity index (χ1v) is 8.73. The molecule has 0 aromatic heterocycles. The summed E-state index contributed by atoms with van der Waals surface area (Å²) < 4.78 is 5.34. The molecule has 0 spiro atoms. The summed E-state index contributed by atoms with van der Waals surface area (Å²) in [5.41, 5.74) is 1.70. The Morgan fingerprint density at radius 1 is 1.00 bits per heavy atom. The van der Waals surface area contributed by atoms with Gasteiger partial charge in [0.05, 0.1) is 6.61 Å². The van der Waals surface area contributed by atoms with Crippen LogP contribution in [0.3, 0.4) is 0 Å². The normalized spacial score (nSPS) is 10.3. The van der Waals surface area contributed by atoms with Gasteiger partial charge >= 0.3 is 0 Å². The van der Waals surface area contributed by atoms with Crippen molar-refractivity contribution in [3.63, 3.8) is 0 Å². The predicted molar refractivity (Wildman–Crippen MR) is 99.3 cm³/mol. The summed E-state index contributed by atoms with van der Waals surface area (Å²) in [6, 6.07) is 14.5. The van der Waals surface area contributed by atoms with E-state index in [0.29, 0.717) is 23.7 Å². The summed E-state index contributed by atoms with van der Waals surface area (Å²) in [6.07, 6.45) is 1.11. The molecule has 0 heterocycles. The van der Waals surface area contributed by atoms with Gasteiger partial charge in [0.15, 0.2) is 5.78 Å². The van der Waals surface area contributed by atoms with Crippen LogP contribution in [0.1, 0.15) is 35.7 Å². The summed E-state index contributed by atoms with van der Waals surface area (Å²) in [7, 11) is 0. The van der Waals surface area contributed by atoms with Crippen LogP contribution >= 0.6 is 11.6 Å². The van der Waals surface area contributed by atoms with Crippen molar-refractivity contribution in [3.8, 4) is 5.75 Å². The van der Waals surface area contributed by atoms with Gasteiger partial charge in [-0.15, -0.1) is 0 Å². The van der Waals surface area contributed by atoms with E-state index in [2.05, 4.69) is 5.32 Å². The third-order valence-corrected chi connectivity index (χ3v) is 3.97. The molecule has 0 aliphatic heterocycles. The van der Waals surface area contributed by atoms with Crippen LogP contribution in [0.4, 0.5) is 0 Å². The van der Waals surface area contributed by atoms with Crippen molar-refractivity contribution >= 4 is 23.3 Å². The Labute approximate surface area is 153 Å². The Hall–Kier alpha value is -2.33. The van der Waals surface area contributed by atoms with E-state index in [9.17, 15) is 9.59 Å². The van der Waals surface area contributed by atoms with Crippen molar-refractivity contribution in [2.45, 2.75) is 26.2 Å². The number of hydrogen-bond donors (Lipinski definition) is 1. The molecule has 0 unspecified atom stereocenters. The predicted octanol–water partition coefficient (Wildman–Crippen LogP) is 4.06. The van der Waals surface area contributed by atoms with Gasteiger partial charge in [-0.1, -0.05) is 23.7 Å². The third kappa shape index (κ3) is 6.59. The highest BCUT2D eigenvalue weighted by atomic mass is 35.5. The number of carbonyl (C=O) groups excluding carboxylic acids is 2. The number of rotatable bonds is 9. The fraction of sp³-hybridized carbons (Fsp3) is 0.300. The maximum atomic E-state index is 12.1. The Kier molecular flexibility index (Phi) is 7.48. The molecule has 0 aliphatic rings. The summed E-state index contributed by atoms with van der Waals surface area (Å²) >= 11 is 5.83. The lowest BCUT2D eigenvalue weighted by molar-refractivity contribution is -0.121. The van der Waals surface area contributed by atoms with Gasteiger partial charge < -0.3 is 10.1 Å². The van der Waals surface area contributed by atoms with E-state index < -0.39 is 0 Å². The molecular weight excluding hydrogens is 338 g/mol. The molecule has 0 saturated carbocycles. The second-order valence-electron chi connectivity index (χ2n) is 5.61. The zero-order valence-electron chi connectivity index (χ0n) is 14.3. The first-order chi connectivity index (χ1) is 12.1. The number of Topliss-reactive ketones (excluding diaryl/α,β-unsaturated/α-hetero) is 1. The molecule has 0 atom stereocenters. The molecule has 1 amide bonds. The van der Waals surface area contributed by atoms with E-state index in [1.807, 2.05) is 31.2 Å². The van der Waals surface area contributed by atoms with Crippen LogP contribution in [-0.4, -0.2) is 24.8 Å². The Morgan fingerprint density at radius 2 is 1.68 bits per heavy atom. The molecule has 1 N–H and O–H groups in total. The first-order valence-electron chi connectivity index (χ1n) is 8.35. The van der Waals surface area contributed by atoms with E-state index in [-0.39, 0.29) is 24.5 Å². The number of benzene rings is 2. The fourth-order valence-electron chi connectivity index (χ4n) is 2.36. The highest BCUT2D eigenvalue weighted by Gasteiger charge is 2.09. The number of nitrogens with one attached hydrogen (secondary N) is 1. The van der Waals surface area contributed by atoms with Gasteiger partial charge in [-0.25, -0.2) is 0 Å². The minimum absolute atomic E-state index is 0.0455.